The van der Waals surface area contributed by atoms with E-state index >= 15 is 0 Å². The molecule has 4 nitrogen and oxygen atoms in total. The van der Waals surface area contributed by atoms with Gasteiger partial charge in [-0.3, -0.25) is 4.79 Å². The maximum absolute atomic E-state index is 11.4. The summed E-state index contributed by atoms with van der Waals surface area (Å²) in [5.41, 5.74) is 1.80. The fourth-order valence-electron chi connectivity index (χ4n) is 1.54. The number of benzene rings is 1. The Labute approximate surface area is 109 Å². The molecule has 0 aliphatic carbocycles. The van der Waals surface area contributed by atoms with Gasteiger partial charge >= 0.3 is 0 Å². The molecule has 0 unspecified atom stereocenters. The minimum absolute atomic E-state index is 0.0744. The lowest BCUT2D eigenvalue weighted by atomic mass is 10.1. The van der Waals surface area contributed by atoms with Gasteiger partial charge in [0.25, 0.3) is 0 Å². The summed E-state index contributed by atoms with van der Waals surface area (Å²) in [5, 5.41) is 6.12. The number of hydrogen-bond acceptors (Lipinski definition) is 3. The molecular weight excluding hydrogens is 228 g/mol. The Bertz CT molecular complexity index is 378. The van der Waals surface area contributed by atoms with Crippen LogP contribution in [0.4, 0.5) is 11.4 Å². The second-order valence-electron chi connectivity index (χ2n) is 4.67. The van der Waals surface area contributed by atoms with Crippen LogP contribution in [0.25, 0.3) is 0 Å². The molecule has 0 bridgehead atoms. The van der Waals surface area contributed by atoms with E-state index in [1.54, 1.807) is 0 Å². The van der Waals surface area contributed by atoms with E-state index in [2.05, 4.69) is 24.5 Å². The largest absolute Gasteiger partial charge is 0.385 e. The Hall–Kier alpha value is -1.55. The summed E-state index contributed by atoms with van der Waals surface area (Å²) in [6, 6.07) is 7.70. The van der Waals surface area contributed by atoms with Crippen molar-refractivity contribution >= 4 is 17.3 Å². The maximum Gasteiger partial charge on any atom is 0.250 e. The highest BCUT2D eigenvalue weighted by Crippen LogP contribution is 2.15. The van der Waals surface area contributed by atoms with Gasteiger partial charge in [0.15, 0.2) is 0 Å². The minimum atomic E-state index is -0.142. The molecule has 0 heterocycles. The molecule has 1 amide bonds. The average Bonchev–Trinajstić information content (AvgIpc) is 2.29. The van der Waals surface area contributed by atoms with Crippen molar-refractivity contribution in [1.82, 2.24) is 0 Å². The first kappa shape index (κ1) is 14.5. The molecule has 1 rings (SSSR count). The van der Waals surface area contributed by atoms with Crippen LogP contribution in [0.2, 0.25) is 0 Å². The van der Waals surface area contributed by atoms with Crippen LogP contribution in [0.15, 0.2) is 24.3 Å². The van der Waals surface area contributed by atoms with Crippen molar-refractivity contribution in [3.63, 3.8) is 0 Å². The van der Waals surface area contributed by atoms with Crippen LogP contribution in [-0.4, -0.2) is 26.2 Å². The first-order chi connectivity index (χ1) is 8.61. The molecule has 0 atom stereocenters. The summed E-state index contributed by atoms with van der Waals surface area (Å²) in [7, 11) is 1.50. The second kappa shape index (κ2) is 7.71. The van der Waals surface area contributed by atoms with Crippen molar-refractivity contribution in [2.24, 2.45) is 5.92 Å². The van der Waals surface area contributed by atoms with Crippen LogP contribution in [0.5, 0.6) is 0 Å². The number of rotatable bonds is 7. The lowest BCUT2D eigenvalue weighted by molar-refractivity contribution is -0.119. The summed E-state index contributed by atoms with van der Waals surface area (Å²) in [4.78, 5) is 11.4. The third-order valence-corrected chi connectivity index (χ3v) is 2.47. The summed E-state index contributed by atoms with van der Waals surface area (Å²) in [6.45, 7) is 5.41. The van der Waals surface area contributed by atoms with Crippen molar-refractivity contribution in [2.75, 3.05) is 30.9 Å². The number of methoxy groups -OCH3 is 1. The van der Waals surface area contributed by atoms with Crippen LogP contribution in [0, 0.1) is 5.92 Å². The van der Waals surface area contributed by atoms with Gasteiger partial charge in [-0.15, -0.1) is 0 Å². The van der Waals surface area contributed by atoms with Gasteiger partial charge in [0, 0.05) is 25.0 Å². The normalized spacial score (nSPS) is 10.4. The number of nitrogens with one attached hydrogen (secondary N) is 2. The Balaban J connectivity index is 2.48. The summed E-state index contributed by atoms with van der Waals surface area (Å²) < 4.78 is 4.77. The van der Waals surface area contributed by atoms with Gasteiger partial charge in [0.2, 0.25) is 5.91 Å². The van der Waals surface area contributed by atoms with Crippen LogP contribution >= 0.6 is 0 Å². The van der Waals surface area contributed by atoms with Crippen LogP contribution < -0.4 is 10.6 Å². The number of carbonyl (C=O) groups is 1. The molecule has 100 valence electrons. The van der Waals surface area contributed by atoms with E-state index in [-0.39, 0.29) is 12.5 Å². The summed E-state index contributed by atoms with van der Waals surface area (Å²) >= 11 is 0. The van der Waals surface area contributed by atoms with Gasteiger partial charge in [-0.2, -0.15) is 0 Å². The van der Waals surface area contributed by atoms with Crippen LogP contribution in [0.3, 0.4) is 0 Å². The number of ether oxygens (including phenoxy) is 1. The Morgan fingerprint density at radius 1 is 1.33 bits per heavy atom. The molecule has 0 aromatic heterocycles. The molecule has 0 aliphatic heterocycles. The topological polar surface area (TPSA) is 50.4 Å². The molecule has 1 aromatic carbocycles. The van der Waals surface area contributed by atoms with Gasteiger partial charge in [-0.1, -0.05) is 19.9 Å². The van der Waals surface area contributed by atoms with E-state index in [0.29, 0.717) is 5.92 Å². The molecule has 0 saturated carbocycles. The highest BCUT2D eigenvalue weighted by molar-refractivity contribution is 5.92. The highest BCUT2D eigenvalue weighted by Gasteiger charge is 2.02. The lowest BCUT2D eigenvalue weighted by Crippen LogP contribution is -2.17. The van der Waals surface area contributed by atoms with E-state index in [1.807, 2.05) is 24.3 Å². The SMILES string of the molecule is COCC(=O)Nc1cccc(NCCC(C)C)c1. The van der Waals surface area contributed by atoms with Crippen molar-refractivity contribution < 1.29 is 9.53 Å². The standard InChI is InChI=1S/C14H22N2O2/c1-11(2)7-8-15-12-5-4-6-13(9-12)16-14(17)10-18-3/h4-6,9,11,15H,7-8,10H2,1-3H3,(H,16,17). The number of carbonyl (C=O) groups excluding carboxylic acids is 1. The number of anilines is 2. The van der Waals surface area contributed by atoms with Crippen LogP contribution in [-0.2, 0) is 9.53 Å². The van der Waals surface area contributed by atoms with E-state index in [1.165, 1.54) is 7.11 Å². The smallest absolute Gasteiger partial charge is 0.250 e. The number of hydrogen-bond donors (Lipinski definition) is 2. The predicted octanol–water partition coefficient (Wildman–Crippen LogP) is 2.73. The Morgan fingerprint density at radius 2 is 2.06 bits per heavy atom. The molecule has 0 spiro atoms. The molecule has 0 fully saturated rings. The Kier molecular flexibility index (Phi) is 6.22. The molecule has 1 aromatic rings. The third-order valence-electron chi connectivity index (χ3n) is 2.47. The maximum atomic E-state index is 11.4. The monoisotopic (exact) mass is 250 g/mol. The fourth-order valence-corrected chi connectivity index (χ4v) is 1.54. The zero-order valence-electron chi connectivity index (χ0n) is 11.3. The fraction of sp³-hybridized carbons (Fsp3) is 0.500. The van der Waals surface area contributed by atoms with Crippen molar-refractivity contribution in [3.05, 3.63) is 24.3 Å². The lowest BCUT2D eigenvalue weighted by Gasteiger charge is -2.10. The van der Waals surface area contributed by atoms with E-state index in [4.69, 9.17) is 4.74 Å². The van der Waals surface area contributed by atoms with Gasteiger partial charge in [-0.25, -0.2) is 0 Å². The van der Waals surface area contributed by atoms with Gasteiger partial charge in [0.1, 0.15) is 6.61 Å². The minimum Gasteiger partial charge on any atom is -0.385 e. The Morgan fingerprint density at radius 3 is 2.72 bits per heavy atom. The summed E-state index contributed by atoms with van der Waals surface area (Å²) in [6.07, 6.45) is 1.13. The van der Waals surface area contributed by atoms with Gasteiger partial charge in [-0.05, 0) is 30.5 Å². The van der Waals surface area contributed by atoms with Gasteiger partial charge in [0.05, 0.1) is 0 Å². The average molecular weight is 250 g/mol. The van der Waals surface area contributed by atoms with E-state index < -0.39 is 0 Å². The van der Waals surface area contributed by atoms with E-state index in [0.717, 1.165) is 24.3 Å². The molecule has 18 heavy (non-hydrogen) atoms. The molecule has 0 aliphatic rings. The van der Waals surface area contributed by atoms with Crippen molar-refractivity contribution in [3.8, 4) is 0 Å². The third kappa shape index (κ3) is 5.68. The predicted molar refractivity (Wildman–Crippen MR) is 74.9 cm³/mol. The van der Waals surface area contributed by atoms with E-state index in [9.17, 15) is 4.79 Å². The molecule has 2 N–H and O–H groups in total. The zero-order valence-corrected chi connectivity index (χ0v) is 11.3. The van der Waals surface area contributed by atoms with Crippen molar-refractivity contribution in [2.45, 2.75) is 20.3 Å². The zero-order chi connectivity index (χ0) is 13.4. The first-order valence-electron chi connectivity index (χ1n) is 6.24. The van der Waals surface area contributed by atoms with Crippen molar-refractivity contribution in [1.29, 1.82) is 0 Å². The second-order valence-corrected chi connectivity index (χ2v) is 4.67. The first-order valence-corrected chi connectivity index (χ1v) is 6.24. The molecule has 4 heteroatoms. The molecule has 0 radical (unpaired) electrons. The van der Waals surface area contributed by atoms with Crippen LogP contribution in [0.1, 0.15) is 20.3 Å². The summed E-state index contributed by atoms with van der Waals surface area (Å²) in [5.74, 6) is 0.541. The molecular formula is C14H22N2O2. The quantitative estimate of drug-likeness (QED) is 0.782. The highest BCUT2D eigenvalue weighted by atomic mass is 16.5. The molecule has 0 saturated heterocycles. The number of amides is 1. The van der Waals surface area contributed by atoms with Gasteiger partial charge < -0.3 is 15.4 Å².